The summed E-state index contributed by atoms with van der Waals surface area (Å²) in [6, 6.07) is -0.918. The summed E-state index contributed by atoms with van der Waals surface area (Å²) in [5.41, 5.74) is -0.581. The lowest BCUT2D eigenvalue weighted by Crippen LogP contribution is -2.40. The molecule has 4 N–H and O–H groups in total. The fourth-order valence-electron chi connectivity index (χ4n) is 4.73. The standard InChI is InChI=1S/C24H39N5O5S/c1-4-10-17(20(31)25-14-9-6-11-18(21(32)33)26-16(3)30)15-24(12-7-8-13-24)22(34)27-23-29-28-19(5-2)35-23/h17-18H,4-15H2,1-3H3,(H,25,31)(H,26,30)(H,32,33)(H,27,29,34)/t17-,18+/m1/s1. The Hall–Kier alpha value is -2.56. The molecule has 0 spiro atoms. The molecule has 1 aromatic rings. The van der Waals surface area contributed by atoms with Crippen molar-refractivity contribution in [1.29, 1.82) is 0 Å². The molecule has 0 radical (unpaired) electrons. The minimum Gasteiger partial charge on any atom is -0.480 e. The second-order valence-electron chi connectivity index (χ2n) is 9.36. The van der Waals surface area contributed by atoms with Gasteiger partial charge in [-0.3, -0.25) is 14.4 Å². The van der Waals surface area contributed by atoms with Crippen LogP contribution in [0.1, 0.15) is 90.0 Å². The van der Waals surface area contributed by atoms with Crippen LogP contribution in [-0.2, 0) is 25.6 Å². The zero-order chi connectivity index (χ0) is 25.8. The van der Waals surface area contributed by atoms with Gasteiger partial charge in [-0.15, -0.1) is 10.2 Å². The Morgan fingerprint density at radius 1 is 1.09 bits per heavy atom. The van der Waals surface area contributed by atoms with E-state index in [1.165, 1.54) is 18.3 Å². The predicted octanol–water partition coefficient (Wildman–Crippen LogP) is 3.28. The molecule has 196 valence electrons. The first-order valence-corrected chi connectivity index (χ1v) is 13.4. The number of carbonyl (C=O) groups excluding carboxylic acids is 3. The minimum absolute atomic E-state index is 0.0632. The van der Waals surface area contributed by atoms with Crippen LogP contribution in [0.3, 0.4) is 0 Å². The predicted molar refractivity (Wildman–Crippen MR) is 134 cm³/mol. The van der Waals surface area contributed by atoms with Crippen molar-refractivity contribution in [2.24, 2.45) is 11.3 Å². The first-order valence-electron chi connectivity index (χ1n) is 12.6. The first kappa shape index (κ1) is 28.7. The normalized spacial score (nSPS) is 16.3. The molecule has 0 unspecified atom stereocenters. The van der Waals surface area contributed by atoms with E-state index in [0.717, 1.165) is 43.5 Å². The van der Waals surface area contributed by atoms with Crippen molar-refractivity contribution in [2.45, 2.75) is 97.4 Å². The third kappa shape index (κ3) is 8.87. The maximum atomic E-state index is 13.3. The lowest BCUT2D eigenvalue weighted by molar-refractivity contribution is -0.141. The van der Waals surface area contributed by atoms with Crippen LogP contribution in [0.2, 0.25) is 0 Å². The van der Waals surface area contributed by atoms with Gasteiger partial charge >= 0.3 is 5.97 Å². The summed E-state index contributed by atoms with van der Waals surface area (Å²) in [7, 11) is 0. The number of hydrogen-bond acceptors (Lipinski definition) is 7. The molecule has 1 fully saturated rings. The molecule has 0 aromatic carbocycles. The van der Waals surface area contributed by atoms with Crippen LogP contribution in [0.5, 0.6) is 0 Å². The van der Waals surface area contributed by atoms with Crippen LogP contribution < -0.4 is 16.0 Å². The fourth-order valence-corrected chi connectivity index (χ4v) is 5.41. The summed E-state index contributed by atoms with van der Waals surface area (Å²) >= 11 is 1.38. The van der Waals surface area contributed by atoms with E-state index in [-0.39, 0.29) is 23.6 Å². The Bertz CT molecular complexity index is 868. The van der Waals surface area contributed by atoms with E-state index in [0.29, 0.717) is 43.8 Å². The summed E-state index contributed by atoms with van der Waals surface area (Å²) in [5.74, 6) is -1.84. The van der Waals surface area contributed by atoms with Gasteiger partial charge in [-0.2, -0.15) is 0 Å². The van der Waals surface area contributed by atoms with Crippen LogP contribution >= 0.6 is 11.3 Å². The van der Waals surface area contributed by atoms with Crippen molar-refractivity contribution in [2.75, 3.05) is 11.9 Å². The van der Waals surface area contributed by atoms with Crippen LogP contribution in [0.4, 0.5) is 5.13 Å². The highest BCUT2D eigenvalue weighted by molar-refractivity contribution is 7.15. The Labute approximate surface area is 211 Å². The molecule has 2 atom stereocenters. The van der Waals surface area contributed by atoms with E-state index in [9.17, 15) is 24.3 Å². The number of amides is 3. The maximum Gasteiger partial charge on any atom is 0.326 e. The quantitative estimate of drug-likeness (QED) is 0.265. The van der Waals surface area contributed by atoms with Gasteiger partial charge in [0.15, 0.2) is 0 Å². The molecule has 1 aliphatic rings. The molecule has 1 heterocycles. The Morgan fingerprint density at radius 3 is 2.37 bits per heavy atom. The highest BCUT2D eigenvalue weighted by Gasteiger charge is 2.44. The van der Waals surface area contributed by atoms with Gasteiger partial charge in [0.05, 0.1) is 5.41 Å². The smallest absolute Gasteiger partial charge is 0.326 e. The van der Waals surface area contributed by atoms with Crippen molar-refractivity contribution in [3.05, 3.63) is 5.01 Å². The van der Waals surface area contributed by atoms with Gasteiger partial charge in [-0.25, -0.2) is 4.79 Å². The Morgan fingerprint density at radius 2 is 1.80 bits per heavy atom. The Kier molecular flexibility index (Phi) is 11.6. The van der Waals surface area contributed by atoms with Crippen molar-refractivity contribution in [3.8, 4) is 0 Å². The molecule has 1 saturated carbocycles. The lowest BCUT2D eigenvalue weighted by atomic mass is 9.75. The second kappa shape index (κ2) is 14.1. The number of nitrogens with zero attached hydrogens (tertiary/aromatic N) is 2. The number of carboxylic acid groups (broad SMARTS) is 1. The van der Waals surface area contributed by atoms with E-state index >= 15 is 0 Å². The number of carbonyl (C=O) groups is 4. The van der Waals surface area contributed by atoms with Gasteiger partial charge in [0.2, 0.25) is 22.9 Å². The molecule has 10 nitrogen and oxygen atoms in total. The zero-order valence-electron chi connectivity index (χ0n) is 21.0. The molecule has 35 heavy (non-hydrogen) atoms. The van der Waals surface area contributed by atoms with E-state index in [4.69, 9.17) is 0 Å². The number of rotatable bonds is 15. The van der Waals surface area contributed by atoms with E-state index < -0.39 is 17.4 Å². The SMILES string of the molecule is CCC[C@H](CC1(C(=O)Nc2nnc(CC)s2)CCCC1)C(=O)NCCCC[C@H](NC(C)=O)C(=O)O. The van der Waals surface area contributed by atoms with Crippen molar-refractivity contribution < 1.29 is 24.3 Å². The third-order valence-electron chi connectivity index (χ3n) is 6.57. The molecule has 0 aliphatic heterocycles. The number of carboxylic acids is 1. The summed E-state index contributed by atoms with van der Waals surface area (Å²) in [6.07, 6.45) is 7.71. The molecule has 1 aliphatic carbocycles. The van der Waals surface area contributed by atoms with Gasteiger partial charge in [0, 0.05) is 19.4 Å². The highest BCUT2D eigenvalue weighted by atomic mass is 32.1. The zero-order valence-corrected chi connectivity index (χ0v) is 21.8. The number of aromatic nitrogens is 2. The van der Waals surface area contributed by atoms with Gasteiger partial charge < -0.3 is 21.1 Å². The number of aryl methyl sites for hydroxylation is 1. The highest BCUT2D eigenvalue weighted by Crippen LogP contribution is 2.45. The van der Waals surface area contributed by atoms with E-state index in [2.05, 4.69) is 26.1 Å². The molecular weight excluding hydrogens is 470 g/mol. The number of aliphatic carboxylic acids is 1. The van der Waals surface area contributed by atoms with Crippen molar-refractivity contribution >= 4 is 40.2 Å². The monoisotopic (exact) mass is 509 g/mol. The molecule has 0 saturated heterocycles. The number of anilines is 1. The topological polar surface area (TPSA) is 150 Å². The summed E-state index contributed by atoms with van der Waals surface area (Å²) in [5, 5.41) is 27.1. The van der Waals surface area contributed by atoms with Gasteiger partial charge in [-0.1, -0.05) is 44.4 Å². The fraction of sp³-hybridized carbons (Fsp3) is 0.750. The van der Waals surface area contributed by atoms with Crippen LogP contribution in [-0.4, -0.2) is 51.6 Å². The lowest BCUT2D eigenvalue weighted by Gasteiger charge is -2.31. The van der Waals surface area contributed by atoms with E-state index in [1.807, 2.05) is 13.8 Å². The van der Waals surface area contributed by atoms with Gasteiger partial charge in [0.1, 0.15) is 11.0 Å². The number of hydrogen-bond donors (Lipinski definition) is 4. The van der Waals surface area contributed by atoms with Crippen LogP contribution in [0.25, 0.3) is 0 Å². The maximum absolute atomic E-state index is 13.3. The molecular formula is C24H39N5O5S. The molecule has 0 bridgehead atoms. The summed E-state index contributed by atoms with van der Waals surface area (Å²) in [4.78, 5) is 48.7. The molecule has 1 aromatic heterocycles. The summed E-state index contributed by atoms with van der Waals surface area (Å²) in [6.45, 7) is 5.74. The van der Waals surface area contributed by atoms with Crippen molar-refractivity contribution in [3.63, 3.8) is 0 Å². The number of unbranched alkanes of at least 4 members (excludes halogenated alkanes) is 1. The van der Waals surface area contributed by atoms with Gasteiger partial charge in [-0.05, 0) is 51.4 Å². The Balaban J connectivity index is 1.91. The van der Waals surface area contributed by atoms with Crippen LogP contribution in [0, 0.1) is 11.3 Å². The van der Waals surface area contributed by atoms with Gasteiger partial charge in [0.25, 0.3) is 0 Å². The number of nitrogens with one attached hydrogen (secondary N) is 3. The molecule has 11 heteroatoms. The van der Waals surface area contributed by atoms with Crippen molar-refractivity contribution in [1.82, 2.24) is 20.8 Å². The molecule has 3 amide bonds. The average Bonchev–Trinajstić information content (AvgIpc) is 3.47. The third-order valence-corrected chi connectivity index (χ3v) is 7.55. The second-order valence-corrected chi connectivity index (χ2v) is 10.4. The van der Waals surface area contributed by atoms with E-state index in [1.54, 1.807) is 0 Å². The molecule has 2 rings (SSSR count). The first-order chi connectivity index (χ1) is 16.7. The summed E-state index contributed by atoms with van der Waals surface area (Å²) < 4.78 is 0. The average molecular weight is 510 g/mol. The van der Waals surface area contributed by atoms with Crippen LogP contribution in [0.15, 0.2) is 0 Å². The minimum atomic E-state index is -1.06. The largest absolute Gasteiger partial charge is 0.480 e.